The molecular weight excluding hydrogens is 1040 g/mol. The van der Waals surface area contributed by atoms with Crippen LogP contribution in [0.15, 0.2) is 146 Å². The molecule has 6 N–H and O–H groups in total. The van der Waals surface area contributed by atoms with E-state index in [0.29, 0.717) is 12.8 Å². The summed E-state index contributed by atoms with van der Waals surface area (Å²) < 4.78 is 17.6. The van der Waals surface area contributed by atoms with Crippen molar-refractivity contribution < 1.29 is 49.3 Å². The fourth-order valence-corrected chi connectivity index (χ4v) is 9.15. The molecule has 0 saturated carbocycles. The first-order chi connectivity index (χ1) is 40.7. The van der Waals surface area contributed by atoms with Gasteiger partial charge in [-0.15, -0.1) is 0 Å². The fourth-order valence-electron chi connectivity index (χ4n) is 9.15. The van der Waals surface area contributed by atoms with Crippen molar-refractivity contribution in [2.75, 3.05) is 13.2 Å². The van der Waals surface area contributed by atoms with Crippen molar-refractivity contribution in [3.63, 3.8) is 0 Å². The summed E-state index contributed by atoms with van der Waals surface area (Å²) in [6.07, 6.45) is 73.0. The van der Waals surface area contributed by atoms with Gasteiger partial charge in [0.15, 0.2) is 12.4 Å². The Bertz CT molecular complexity index is 1910. The summed E-state index contributed by atoms with van der Waals surface area (Å²) in [6.45, 7) is 5.52. The van der Waals surface area contributed by atoms with E-state index in [4.69, 9.17) is 14.2 Å². The summed E-state index contributed by atoms with van der Waals surface area (Å²) >= 11 is 0. The van der Waals surface area contributed by atoms with Gasteiger partial charge in [-0.1, -0.05) is 250 Å². The quantitative estimate of drug-likeness (QED) is 0.0195. The van der Waals surface area contributed by atoms with Gasteiger partial charge in [0.1, 0.15) is 24.4 Å². The number of carbonyl (C=O) groups is 2. The minimum atomic E-state index is -1.65. The Morgan fingerprint density at radius 1 is 0.482 bits per heavy atom. The van der Waals surface area contributed by atoms with Crippen LogP contribution in [0.3, 0.4) is 0 Å². The Balaban J connectivity index is 2.72. The van der Waals surface area contributed by atoms with Crippen LogP contribution >= 0.6 is 0 Å². The van der Waals surface area contributed by atoms with Gasteiger partial charge in [-0.25, -0.2) is 0 Å². The first-order valence-corrected chi connectivity index (χ1v) is 32.6. The molecule has 1 fully saturated rings. The minimum Gasteiger partial charge on any atom is -0.454 e. The molecule has 1 aliphatic rings. The molecule has 8 atom stereocenters. The summed E-state index contributed by atoms with van der Waals surface area (Å²) in [5.74, 6) is -1.27. The molecule has 1 saturated heterocycles. The summed E-state index contributed by atoms with van der Waals surface area (Å²) in [5.41, 5.74) is 0. The zero-order valence-electron chi connectivity index (χ0n) is 52.0. The Morgan fingerprint density at radius 3 is 1.30 bits per heavy atom. The van der Waals surface area contributed by atoms with Crippen LogP contribution in [0.4, 0.5) is 0 Å². The Hall–Kier alpha value is -4.46. The van der Waals surface area contributed by atoms with E-state index in [9.17, 15) is 35.1 Å². The van der Waals surface area contributed by atoms with E-state index in [1.807, 2.05) is 6.08 Å². The second-order valence-corrected chi connectivity index (χ2v) is 21.7. The number of aliphatic hydroxyl groups is 5. The molecule has 0 aromatic heterocycles. The van der Waals surface area contributed by atoms with Gasteiger partial charge in [-0.3, -0.25) is 9.59 Å². The molecule has 8 unspecified atom stereocenters. The normalized spacial score (nSPS) is 19.5. The zero-order chi connectivity index (χ0) is 60.3. The molecule has 0 aromatic rings. The lowest BCUT2D eigenvalue weighted by atomic mass is 9.99. The summed E-state index contributed by atoms with van der Waals surface area (Å²) in [5, 5.41) is 57.1. The van der Waals surface area contributed by atoms with Crippen LogP contribution in [0.2, 0.25) is 0 Å². The molecule has 1 amide bonds. The molecule has 0 aliphatic carbocycles. The van der Waals surface area contributed by atoms with E-state index in [2.05, 4.69) is 160 Å². The van der Waals surface area contributed by atoms with Gasteiger partial charge < -0.3 is 45.1 Å². The number of allylic oxidation sites excluding steroid dienone is 23. The predicted molar refractivity (Wildman–Crippen MR) is 347 cm³/mol. The molecule has 0 spiro atoms. The molecule has 1 aliphatic heterocycles. The molecule has 0 aromatic carbocycles. The average Bonchev–Trinajstić information content (AvgIpc) is 3.58. The van der Waals surface area contributed by atoms with Crippen molar-refractivity contribution in [3.8, 4) is 0 Å². The number of nitrogens with one attached hydrogen (secondary N) is 1. The Labute approximate surface area is 505 Å². The fraction of sp³-hybridized carbons (Fsp3) is 0.639. The molecule has 470 valence electrons. The van der Waals surface area contributed by atoms with E-state index < -0.39 is 67.4 Å². The van der Waals surface area contributed by atoms with Crippen LogP contribution in [0.1, 0.15) is 233 Å². The number of amides is 1. The molecule has 1 heterocycles. The van der Waals surface area contributed by atoms with Gasteiger partial charge in [0, 0.05) is 6.42 Å². The third kappa shape index (κ3) is 45.6. The molecule has 11 heteroatoms. The van der Waals surface area contributed by atoms with Crippen molar-refractivity contribution in [3.05, 3.63) is 146 Å². The number of carbonyl (C=O) groups excluding carboxylic acids is 2. The van der Waals surface area contributed by atoms with E-state index in [1.54, 1.807) is 6.08 Å². The number of hydrogen-bond donors (Lipinski definition) is 6. The summed E-state index contributed by atoms with van der Waals surface area (Å²) in [4.78, 5) is 26.6. The molecule has 0 radical (unpaired) electrons. The number of hydrogen-bond acceptors (Lipinski definition) is 10. The standard InChI is InChI=1S/C72H117NO10/c1-4-7-10-13-16-19-22-25-27-29-31-33-35-37-39-42-45-48-51-54-57-60-67(77)83-70-69(79)68(78)66(61-74)82-72(70)81-62-63(64(75)58-55-52-49-46-43-40-24-21-18-15-12-9-6-3)73-71(80)65(76)59-56-53-50-47-44-41-38-36-34-32-30-28-26-23-20-17-14-11-8-5-2/h7-8,10-11,16-17,19-20,25-28,31-34,37-39,41,45,48,55,58,63-66,68-70,72,74-76,78-79H,4-6,9,12-15,18,21-24,29-30,35-36,40,42-44,46-47,49-54,56-57,59-62H2,1-3H3,(H,73,80)/b10-7-,11-8-,19-16-,20-17-,27-25-,28-26-,33-31-,34-32-,39-37-,41-38-,48-45-,58-55+. The first-order valence-electron chi connectivity index (χ1n) is 32.6. The second-order valence-electron chi connectivity index (χ2n) is 21.7. The minimum absolute atomic E-state index is 0.0571. The van der Waals surface area contributed by atoms with Crippen molar-refractivity contribution >= 4 is 11.9 Å². The summed E-state index contributed by atoms with van der Waals surface area (Å²) in [7, 11) is 0. The largest absolute Gasteiger partial charge is 0.454 e. The van der Waals surface area contributed by atoms with E-state index >= 15 is 0 Å². The van der Waals surface area contributed by atoms with Gasteiger partial charge in [-0.05, 0) is 122 Å². The van der Waals surface area contributed by atoms with Gasteiger partial charge in [-0.2, -0.15) is 0 Å². The van der Waals surface area contributed by atoms with E-state index in [-0.39, 0.29) is 19.4 Å². The van der Waals surface area contributed by atoms with Crippen LogP contribution < -0.4 is 5.32 Å². The second kappa shape index (κ2) is 57.9. The van der Waals surface area contributed by atoms with Gasteiger partial charge in [0.25, 0.3) is 0 Å². The predicted octanol–water partition coefficient (Wildman–Crippen LogP) is 16.2. The summed E-state index contributed by atoms with van der Waals surface area (Å²) in [6, 6.07) is -1.06. The molecule has 0 bridgehead atoms. The third-order valence-corrected chi connectivity index (χ3v) is 14.2. The monoisotopic (exact) mass is 1160 g/mol. The van der Waals surface area contributed by atoms with Crippen molar-refractivity contribution in [2.45, 2.75) is 282 Å². The lowest BCUT2D eigenvalue weighted by Gasteiger charge is -2.41. The number of esters is 1. The lowest BCUT2D eigenvalue weighted by molar-refractivity contribution is -0.305. The van der Waals surface area contributed by atoms with Crippen LogP contribution in [0, 0.1) is 0 Å². The van der Waals surface area contributed by atoms with Gasteiger partial charge in [0.05, 0.1) is 25.4 Å². The number of unbranched alkanes of at least 4 members (excludes halogenated alkanes) is 17. The van der Waals surface area contributed by atoms with Crippen LogP contribution in [-0.2, 0) is 23.8 Å². The Morgan fingerprint density at radius 2 is 0.867 bits per heavy atom. The first kappa shape index (κ1) is 76.6. The number of ether oxygens (including phenoxy) is 3. The maximum Gasteiger partial charge on any atom is 0.306 e. The van der Waals surface area contributed by atoms with Gasteiger partial charge in [0.2, 0.25) is 5.91 Å². The van der Waals surface area contributed by atoms with Crippen molar-refractivity contribution in [1.29, 1.82) is 0 Å². The van der Waals surface area contributed by atoms with E-state index in [1.165, 1.54) is 51.4 Å². The van der Waals surface area contributed by atoms with Gasteiger partial charge >= 0.3 is 5.97 Å². The molecular formula is C72H117NO10. The maximum atomic E-state index is 13.5. The van der Waals surface area contributed by atoms with E-state index in [0.717, 1.165) is 135 Å². The maximum absolute atomic E-state index is 13.5. The van der Waals surface area contributed by atoms with Crippen LogP contribution in [0.25, 0.3) is 0 Å². The van der Waals surface area contributed by atoms with Crippen LogP contribution in [-0.4, -0.2) is 99.6 Å². The topological polar surface area (TPSA) is 175 Å². The van der Waals surface area contributed by atoms with Crippen molar-refractivity contribution in [2.24, 2.45) is 0 Å². The zero-order valence-corrected chi connectivity index (χ0v) is 52.0. The highest BCUT2D eigenvalue weighted by Crippen LogP contribution is 2.26. The lowest BCUT2D eigenvalue weighted by Crippen LogP contribution is -2.61. The number of aliphatic hydroxyl groups excluding tert-OH is 5. The molecule has 1 rings (SSSR count). The third-order valence-electron chi connectivity index (χ3n) is 14.2. The van der Waals surface area contributed by atoms with Crippen molar-refractivity contribution in [1.82, 2.24) is 5.32 Å². The SMILES string of the molecule is CC/C=C\C/C=C\C/C=C\C/C=C\C/C=C\C/C=C\CCCCC(=O)OC1C(OCC(NC(=O)C(O)CCCCCC/C=C\C/C=C\C/C=C\C/C=C\C/C=C\CC)C(O)/C=C/CCCCCCCCCCCCC)OC(CO)C(O)C1O. The number of rotatable bonds is 53. The average molecular weight is 1160 g/mol. The highest BCUT2D eigenvalue weighted by atomic mass is 16.7. The smallest absolute Gasteiger partial charge is 0.306 e. The van der Waals surface area contributed by atoms with Crippen LogP contribution in [0.5, 0.6) is 0 Å². The highest BCUT2D eigenvalue weighted by molar-refractivity contribution is 5.80. The Kier molecular flexibility index (Phi) is 53.4. The molecule has 83 heavy (non-hydrogen) atoms. The molecule has 11 nitrogen and oxygen atoms in total. The highest BCUT2D eigenvalue weighted by Gasteiger charge is 2.47.